The molecular weight excluding hydrogens is 426 g/mol. The van der Waals surface area contributed by atoms with E-state index in [-0.39, 0.29) is 6.61 Å². The molecule has 0 bridgehead atoms. The first-order chi connectivity index (χ1) is 15.6. The molecule has 4 rings (SSSR count). The Hall–Kier alpha value is -2.95. The van der Waals surface area contributed by atoms with E-state index < -0.39 is 0 Å². The Bertz CT molecular complexity index is 1010. The van der Waals surface area contributed by atoms with Gasteiger partial charge in [-0.3, -0.25) is 4.90 Å². The van der Waals surface area contributed by atoms with Crippen LogP contribution in [0.25, 0.3) is 0 Å². The van der Waals surface area contributed by atoms with Gasteiger partial charge < -0.3 is 20.1 Å². The molecule has 1 aliphatic rings. The number of hydrogen-bond acceptors (Lipinski definition) is 10. The second kappa shape index (κ2) is 10.6. The van der Waals surface area contributed by atoms with Crippen LogP contribution in [0.1, 0.15) is 5.82 Å². The Kier molecular flexibility index (Phi) is 7.35. The van der Waals surface area contributed by atoms with E-state index in [2.05, 4.69) is 35.1 Å². The normalized spacial score (nSPS) is 14.4. The standard InChI is InChI=1S/C22H27N7O2S/c1-16-24-21(27-22(25-16)29-11-9-28(10-12-29)13-14-30)26-20-8-5-18(15-23-20)31-17-3-6-19(32-2)7-4-17/h3-8,15,30H,9-14H2,1-2H3,(H,23,24,25,26,27). The first kappa shape index (κ1) is 22.3. The van der Waals surface area contributed by atoms with E-state index in [1.807, 2.05) is 49.6 Å². The molecule has 2 N–H and O–H groups in total. The average Bonchev–Trinajstić information content (AvgIpc) is 2.81. The Morgan fingerprint density at radius 1 is 1.00 bits per heavy atom. The molecule has 1 saturated heterocycles. The number of hydrogen-bond donors (Lipinski definition) is 2. The number of pyridine rings is 1. The maximum atomic E-state index is 9.11. The highest BCUT2D eigenvalue weighted by Crippen LogP contribution is 2.25. The van der Waals surface area contributed by atoms with Crippen molar-refractivity contribution < 1.29 is 9.84 Å². The molecule has 32 heavy (non-hydrogen) atoms. The Morgan fingerprint density at radius 3 is 2.41 bits per heavy atom. The number of benzene rings is 1. The van der Waals surface area contributed by atoms with E-state index in [4.69, 9.17) is 9.84 Å². The topological polar surface area (TPSA) is 99.5 Å². The van der Waals surface area contributed by atoms with E-state index in [1.165, 1.54) is 4.90 Å². The number of aliphatic hydroxyl groups is 1. The van der Waals surface area contributed by atoms with Gasteiger partial charge in [-0.25, -0.2) is 4.98 Å². The molecule has 10 heteroatoms. The van der Waals surface area contributed by atoms with Crippen molar-refractivity contribution in [1.29, 1.82) is 0 Å². The summed E-state index contributed by atoms with van der Waals surface area (Å²) in [5, 5.41) is 12.3. The zero-order valence-corrected chi connectivity index (χ0v) is 19.0. The molecular formula is C22H27N7O2S. The number of aromatic nitrogens is 4. The fourth-order valence-corrected chi connectivity index (χ4v) is 3.80. The number of β-amino-alcohol motifs (C(OH)–C–C–N with tert-alkyl or cyclic N) is 1. The number of nitrogens with one attached hydrogen (secondary N) is 1. The summed E-state index contributed by atoms with van der Waals surface area (Å²) in [7, 11) is 0. The summed E-state index contributed by atoms with van der Waals surface area (Å²) in [6.07, 6.45) is 3.71. The van der Waals surface area contributed by atoms with Crippen molar-refractivity contribution >= 4 is 29.5 Å². The Morgan fingerprint density at radius 2 is 1.75 bits per heavy atom. The lowest BCUT2D eigenvalue weighted by Gasteiger charge is -2.34. The Balaban J connectivity index is 1.39. The fraction of sp³-hybridized carbons (Fsp3) is 0.364. The Labute approximate surface area is 191 Å². The number of ether oxygens (including phenoxy) is 1. The minimum absolute atomic E-state index is 0.181. The van der Waals surface area contributed by atoms with Crippen LogP contribution in [0, 0.1) is 6.92 Å². The lowest BCUT2D eigenvalue weighted by atomic mass is 10.3. The van der Waals surface area contributed by atoms with Gasteiger partial charge in [-0.1, -0.05) is 0 Å². The fourth-order valence-electron chi connectivity index (χ4n) is 3.39. The minimum Gasteiger partial charge on any atom is -0.456 e. The van der Waals surface area contributed by atoms with Crippen LogP contribution < -0.4 is 15.0 Å². The van der Waals surface area contributed by atoms with Crippen molar-refractivity contribution in [2.45, 2.75) is 11.8 Å². The number of piperazine rings is 1. The molecule has 1 aliphatic heterocycles. The number of nitrogens with zero attached hydrogens (tertiary/aromatic N) is 6. The quantitative estimate of drug-likeness (QED) is 0.495. The van der Waals surface area contributed by atoms with E-state index in [9.17, 15) is 0 Å². The summed E-state index contributed by atoms with van der Waals surface area (Å²) in [6, 6.07) is 11.6. The summed E-state index contributed by atoms with van der Waals surface area (Å²) >= 11 is 1.69. The van der Waals surface area contributed by atoms with Crippen molar-refractivity contribution in [2.75, 3.05) is 55.8 Å². The summed E-state index contributed by atoms with van der Waals surface area (Å²) < 4.78 is 5.86. The second-order valence-electron chi connectivity index (χ2n) is 7.34. The molecule has 0 saturated carbocycles. The van der Waals surface area contributed by atoms with Crippen LogP contribution >= 0.6 is 11.8 Å². The molecule has 0 radical (unpaired) electrons. The van der Waals surface area contributed by atoms with Gasteiger partial charge >= 0.3 is 0 Å². The van der Waals surface area contributed by atoms with E-state index in [1.54, 1.807) is 18.0 Å². The SMILES string of the molecule is CSc1ccc(Oc2ccc(Nc3nc(C)nc(N4CCN(CCO)CC4)n3)nc2)cc1. The molecule has 3 aromatic rings. The first-order valence-corrected chi connectivity index (χ1v) is 11.7. The number of thioether (sulfide) groups is 1. The second-order valence-corrected chi connectivity index (χ2v) is 8.22. The number of aryl methyl sites for hydroxylation is 1. The highest BCUT2D eigenvalue weighted by Gasteiger charge is 2.19. The van der Waals surface area contributed by atoms with Crippen LogP contribution in [0.5, 0.6) is 11.5 Å². The molecule has 2 aromatic heterocycles. The highest BCUT2D eigenvalue weighted by molar-refractivity contribution is 7.98. The lowest BCUT2D eigenvalue weighted by molar-refractivity contribution is 0.188. The molecule has 0 aliphatic carbocycles. The molecule has 168 valence electrons. The molecule has 9 nitrogen and oxygen atoms in total. The number of rotatable bonds is 8. The number of aliphatic hydroxyl groups excluding tert-OH is 1. The molecule has 0 spiro atoms. The van der Waals surface area contributed by atoms with Crippen LogP contribution in [0.2, 0.25) is 0 Å². The maximum Gasteiger partial charge on any atom is 0.233 e. The number of anilines is 3. The zero-order chi connectivity index (χ0) is 22.3. The average molecular weight is 454 g/mol. The van der Waals surface area contributed by atoms with Crippen LogP contribution in [0.15, 0.2) is 47.5 Å². The molecule has 0 unspecified atom stereocenters. The smallest absolute Gasteiger partial charge is 0.233 e. The molecule has 3 heterocycles. The third-order valence-electron chi connectivity index (χ3n) is 5.08. The van der Waals surface area contributed by atoms with Gasteiger partial charge in [-0.05, 0) is 49.6 Å². The van der Waals surface area contributed by atoms with Crippen molar-refractivity contribution in [2.24, 2.45) is 0 Å². The monoisotopic (exact) mass is 453 g/mol. The van der Waals surface area contributed by atoms with E-state index >= 15 is 0 Å². The van der Waals surface area contributed by atoms with Crippen LogP contribution in [0.3, 0.4) is 0 Å². The van der Waals surface area contributed by atoms with E-state index in [0.717, 1.165) is 31.9 Å². The van der Waals surface area contributed by atoms with Crippen LogP contribution in [-0.2, 0) is 0 Å². The third-order valence-corrected chi connectivity index (χ3v) is 5.82. The summed E-state index contributed by atoms with van der Waals surface area (Å²) in [5.74, 6) is 3.79. The predicted molar refractivity (Wildman–Crippen MR) is 126 cm³/mol. The van der Waals surface area contributed by atoms with E-state index in [0.29, 0.717) is 35.8 Å². The van der Waals surface area contributed by atoms with Gasteiger partial charge in [0, 0.05) is 37.6 Å². The van der Waals surface area contributed by atoms with Crippen molar-refractivity contribution in [1.82, 2.24) is 24.8 Å². The molecule has 0 amide bonds. The van der Waals surface area contributed by atoms with Gasteiger partial charge in [0.25, 0.3) is 0 Å². The van der Waals surface area contributed by atoms with Gasteiger partial charge in [0.2, 0.25) is 11.9 Å². The third kappa shape index (κ3) is 5.84. The van der Waals surface area contributed by atoms with Crippen LogP contribution in [-0.4, -0.2) is 75.5 Å². The van der Waals surface area contributed by atoms with Gasteiger partial charge in [0.05, 0.1) is 12.8 Å². The molecule has 1 aromatic carbocycles. The van der Waals surface area contributed by atoms with Gasteiger partial charge in [0.1, 0.15) is 23.1 Å². The van der Waals surface area contributed by atoms with Gasteiger partial charge in [-0.15, -0.1) is 11.8 Å². The summed E-state index contributed by atoms with van der Waals surface area (Å²) in [4.78, 5) is 23.5. The maximum absolute atomic E-state index is 9.11. The largest absolute Gasteiger partial charge is 0.456 e. The first-order valence-electron chi connectivity index (χ1n) is 10.5. The minimum atomic E-state index is 0.181. The summed E-state index contributed by atoms with van der Waals surface area (Å²) in [5.41, 5.74) is 0. The highest BCUT2D eigenvalue weighted by atomic mass is 32.2. The summed E-state index contributed by atoms with van der Waals surface area (Å²) in [6.45, 7) is 6.10. The molecule has 1 fully saturated rings. The van der Waals surface area contributed by atoms with Gasteiger partial charge in [0.15, 0.2) is 0 Å². The van der Waals surface area contributed by atoms with Gasteiger partial charge in [-0.2, -0.15) is 15.0 Å². The zero-order valence-electron chi connectivity index (χ0n) is 18.2. The van der Waals surface area contributed by atoms with Crippen molar-refractivity contribution in [3.63, 3.8) is 0 Å². The van der Waals surface area contributed by atoms with Crippen molar-refractivity contribution in [3.8, 4) is 11.5 Å². The lowest BCUT2D eigenvalue weighted by Crippen LogP contribution is -2.47. The molecule has 0 atom stereocenters. The van der Waals surface area contributed by atoms with Crippen LogP contribution in [0.4, 0.5) is 17.7 Å². The predicted octanol–water partition coefficient (Wildman–Crippen LogP) is 2.95. The van der Waals surface area contributed by atoms with Crippen molar-refractivity contribution in [3.05, 3.63) is 48.4 Å².